The second-order valence-electron chi connectivity index (χ2n) is 11.7. The average Bonchev–Trinajstić information content (AvgIpc) is 3.02. The van der Waals surface area contributed by atoms with Gasteiger partial charge in [-0.1, -0.05) is 63.3 Å². The molecule has 2 heterocycles. The van der Waals surface area contributed by atoms with E-state index in [1.54, 1.807) is 12.2 Å². The van der Waals surface area contributed by atoms with Gasteiger partial charge in [-0.15, -0.1) is 0 Å². The first kappa shape index (κ1) is 39.6. The van der Waals surface area contributed by atoms with Gasteiger partial charge in [0.2, 0.25) is 5.91 Å². The van der Waals surface area contributed by atoms with Crippen LogP contribution < -0.4 is 5.32 Å². The summed E-state index contributed by atoms with van der Waals surface area (Å²) in [6.45, 7) is 1.72. The van der Waals surface area contributed by atoms with Crippen LogP contribution in [0.5, 0.6) is 0 Å². The minimum absolute atomic E-state index is 0.325. The smallest absolute Gasteiger partial charge is 0.217 e. The molecule has 2 saturated heterocycles. The largest absolute Gasteiger partial charge is 0.394 e. The Balaban J connectivity index is 1.88. The second kappa shape index (κ2) is 21.4. The van der Waals surface area contributed by atoms with Gasteiger partial charge in [0.25, 0.3) is 0 Å². The Morgan fingerprint density at radius 2 is 1.38 bits per heavy atom. The number of aliphatic hydroxyl groups is 8. The van der Waals surface area contributed by atoms with Crippen molar-refractivity contribution in [1.82, 2.24) is 5.32 Å². The number of hydrogen-bond donors (Lipinski definition) is 9. The van der Waals surface area contributed by atoms with E-state index in [-0.39, 0.29) is 6.61 Å². The molecule has 0 radical (unpaired) electrons. The highest BCUT2D eigenvalue weighted by molar-refractivity contribution is 5.73. The molecule has 0 aromatic carbocycles. The van der Waals surface area contributed by atoms with E-state index in [9.17, 15) is 45.6 Å². The molecule has 0 aliphatic carbocycles. The van der Waals surface area contributed by atoms with Crippen molar-refractivity contribution < 1.29 is 64.6 Å². The Hall–Kier alpha value is -1.53. The molecule has 2 aliphatic rings. The zero-order valence-corrected chi connectivity index (χ0v) is 26.3. The molecule has 14 heteroatoms. The monoisotopic (exact) mass is 649 g/mol. The first-order valence-corrected chi connectivity index (χ1v) is 16.0. The predicted octanol–water partition coefficient (Wildman–Crippen LogP) is -0.864. The van der Waals surface area contributed by atoms with Crippen LogP contribution in [0.15, 0.2) is 24.3 Å². The summed E-state index contributed by atoms with van der Waals surface area (Å²) in [4.78, 5) is 11.8. The third-order valence-corrected chi connectivity index (χ3v) is 7.93. The normalized spacial score (nSPS) is 33.9. The third kappa shape index (κ3) is 12.9. The van der Waals surface area contributed by atoms with Crippen LogP contribution in [-0.2, 0) is 23.7 Å². The maximum atomic E-state index is 11.8. The van der Waals surface area contributed by atoms with Gasteiger partial charge in [0, 0.05) is 6.92 Å². The average molecular weight is 650 g/mol. The number of carbonyl (C=O) groups is 1. The number of allylic oxidation sites excluding steroid dienone is 3. The molecular formula is C31H55NO13. The van der Waals surface area contributed by atoms with E-state index in [0.29, 0.717) is 6.42 Å². The van der Waals surface area contributed by atoms with E-state index in [2.05, 4.69) is 24.4 Å². The van der Waals surface area contributed by atoms with E-state index >= 15 is 0 Å². The Labute approximate surface area is 265 Å². The molecule has 2 rings (SSSR count). The summed E-state index contributed by atoms with van der Waals surface area (Å²) in [5.41, 5.74) is 0. The summed E-state index contributed by atoms with van der Waals surface area (Å²) in [6, 6.07) is -0.925. The quantitative estimate of drug-likeness (QED) is 0.0578. The highest BCUT2D eigenvalue weighted by Gasteiger charge is 2.50. The molecule has 0 saturated carbocycles. The molecule has 0 aromatic heterocycles. The maximum absolute atomic E-state index is 11.8. The van der Waals surface area contributed by atoms with Crippen LogP contribution in [0, 0.1) is 0 Å². The number of carbonyl (C=O) groups excluding carboxylic acids is 1. The van der Waals surface area contributed by atoms with Crippen LogP contribution in [0.2, 0.25) is 0 Å². The fraction of sp³-hybridized carbons (Fsp3) is 0.839. The fourth-order valence-corrected chi connectivity index (χ4v) is 5.22. The lowest BCUT2D eigenvalue weighted by Crippen LogP contribution is -2.65. The van der Waals surface area contributed by atoms with Gasteiger partial charge in [-0.05, 0) is 25.7 Å². The van der Waals surface area contributed by atoms with Crippen LogP contribution >= 0.6 is 0 Å². The maximum Gasteiger partial charge on any atom is 0.217 e. The van der Waals surface area contributed by atoms with E-state index < -0.39 is 92.7 Å². The van der Waals surface area contributed by atoms with Crippen molar-refractivity contribution >= 4 is 5.91 Å². The Morgan fingerprint density at radius 1 is 0.778 bits per heavy atom. The van der Waals surface area contributed by atoms with Gasteiger partial charge in [-0.25, -0.2) is 0 Å². The summed E-state index contributed by atoms with van der Waals surface area (Å²) < 4.78 is 22.0. The molecule has 12 unspecified atom stereocenters. The van der Waals surface area contributed by atoms with Gasteiger partial charge in [-0.2, -0.15) is 0 Å². The molecule has 0 bridgehead atoms. The number of nitrogens with one attached hydrogen (secondary N) is 1. The van der Waals surface area contributed by atoms with E-state index in [1.165, 1.54) is 45.4 Å². The number of unbranched alkanes of at least 4 members (excludes halogenated alkanes) is 7. The van der Waals surface area contributed by atoms with Crippen molar-refractivity contribution in [2.24, 2.45) is 0 Å². The molecule has 2 fully saturated rings. The van der Waals surface area contributed by atoms with Crippen LogP contribution in [-0.4, -0.2) is 140 Å². The molecule has 14 nitrogen and oxygen atoms in total. The Kier molecular flexibility index (Phi) is 18.8. The van der Waals surface area contributed by atoms with Crippen molar-refractivity contribution in [3.8, 4) is 0 Å². The zero-order chi connectivity index (χ0) is 33.4. The number of aliphatic hydroxyl groups excluding tert-OH is 8. The molecular weight excluding hydrogens is 594 g/mol. The van der Waals surface area contributed by atoms with Crippen LogP contribution in [0.1, 0.15) is 71.6 Å². The lowest BCUT2D eigenvalue weighted by atomic mass is 9.97. The number of hydrogen-bond acceptors (Lipinski definition) is 13. The Morgan fingerprint density at radius 3 is 2.04 bits per heavy atom. The lowest BCUT2D eigenvalue weighted by Gasteiger charge is -2.46. The van der Waals surface area contributed by atoms with Crippen LogP contribution in [0.3, 0.4) is 0 Å². The SMILES string of the molecule is CCCCCCCC/C=C/CC/C=C/C(O)C(COC1OC(CO)C(OC2OC(CO)C(O)C(O)C2O)C(O)C1O)NC(C)=O. The van der Waals surface area contributed by atoms with E-state index in [1.807, 2.05) is 0 Å². The molecule has 2 aliphatic heterocycles. The van der Waals surface area contributed by atoms with Crippen LogP contribution in [0.4, 0.5) is 0 Å². The summed E-state index contributed by atoms with van der Waals surface area (Å²) >= 11 is 0. The van der Waals surface area contributed by atoms with Gasteiger partial charge in [0.1, 0.15) is 48.8 Å². The van der Waals surface area contributed by atoms with Gasteiger partial charge in [0.05, 0.1) is 32.0 Å². The number of amides is 1. The molecule has 9 N–H and O–H groups in total. The number of rotatable bonds is 20. The highest BCUT2D eigenvalue weighted by Crippen LogP contribution is 2.29. The molecule has 1 amide bonds. The first-order valence-electron chi connectivity index (χ1n) is 16.0. The summed E-state index contributed by atoms with van der Waals surface area (Å²) in [7, 11) is 0. The number of ether oxygens (including phenoxy) is 4. The van der Waals surface area contributed by atoms with Crippen LogP contribution in [0.25, 0.3) is 0 Å². The first-order chi connectivity index (χ1) is 21.5. The highest BCUT2D eigenvalue weighted by atomic mass is 16.7. The molecule has 12 atom stereocenters. The minimum atomic E-state index is -1.78. The van der Waals surface area contributed by atoms with Gasteiger partial charge in [-0.3, -0.25) is 4.79 Å². The standard InChI is InChI=1S/C31H55NO13/c1-3-4-5-6-7-8-9-10-11-12-13-14-15-21(36)20(32-19(2)35)18-42-30-28(41)26(39)29(23(17-34)44-30)45-31-27(40)25(38)24(37)22(16-33)43-31/h10-11,14-15,20-31,33-34,36-41H,3-9,12-13,16-18H2,1-2H3,(H,32,35)/b11-10+,15-14+. The summed E-state index contributed by atoms with van der Waals surface area (Å²) in [5, 5.41) is 84.3. The van der Waals surface area contributed by atoms with E-state index in [4.69, 9.17) is 18.9 Å². The Bertz CT molecular complexity index is 872. The molecule has 262 valence electrons. The predicted molar refractivity (Wildman–Crippen MR) is 161 cm³/mol. The molecule has 45 heavy (non-hydrogen) atoms. The summed E-state index contributed by atoms with van der Waals surface area (Å²) in [5.74, 6) is -0.431. The minimum Gasteiger partial charge on any atom is -0.394 e. The summed E-state index contributed by atoms with van der Waals surface area (Å²) in [6.07, 6.45) is 0.661. The van der Waals surface area contributed by atoms with Gasteiger partial charge >= 0.3 is 0 Å². The van der Waals surface area contributed by atoms with Crippen molar-refractivity contribution in [2.45, 2.75) is 145 Å². The zero-order valence-electron chi connectivity index (χ0n) is 26.3. The van der Waals surface area contributed by atoms with Crippen molar-refractivity contribution in [3.05, 3.63) is 24.3 Å². The third-order valence-electron chi connectivity index (χ3n) is 7.93. The second-order valence-corrected chi connectivity index (χ2v) is 11.7. The van der Waals surface area contributed by atoms with E-state index in [0.717, 1.165) is 12.8 Å². The fourth-order valence-electron chi connectivity index (χ4n) is 5.22. The lowest BCUT2D eigenvalue weighted by molar-refractivity contribution is -0.359. The van der Waals surface area contributed by atoms with Gasteiger partial charge < -0.3 is 65.1 Å². The van der Waals surface area contributed by atoms with Gasteiger partial charge in [0.15, 0.2) is 12.6 Å². The van der Waals surface area contributed by atoms with Crippen molar-refractivity contribution in [2.75, 3.05) is 19.8 Å². The van der Waals surface area contributed by atoms with Crippen molar-refractivity contribution in [3.63, 3.8) is 0 Å². The topological polar surface area (TPSA) is 228 Å². The molecule has 0 aromatic rings. The molecule has 0 spiro atoms. The van der Waals surface area contributed by atoms with Crippen molar-refractivity contribution in [1.29, 1.82) is 0 Å².